The van der Waals surface area contributed by atoms with Crippen LogP contribution in [-0.4, -0.2) is 55.1 Å². The average molecular weight is 279 g/mol. The molecule has 0 aliphatic carbocycles. The smallest absolute Gasteiger partial charge is 0.0465 e. The highest BCUT2D eigenvalue weighted by molar-refractivity contribution is 7.10. The fourth-order valence-corrected chi connectivity index (χ4v) is 4.33. The molecule has 1 atom stereocenters. The van der Waals surface area contributed by atoms with E-state index in [1.54, 1.807) is 0 Å². The van der Waals surface area contributed by atoms with E-state index in [1.807, 2.05) is 11.3 Å². The van der Waals surface area contributed by atoms with Gasteiger partial charge >= 0.3 is 0 Å². The molecule has 3 heterocycles. The van der Waals surface area contributed by atoms with Crippen LogP contribution in [0.15, 0.2) is 17.5 Å². The van der Waals surface area contributed by atoms with E-state index in [-0.39, 0.29) is 0 Å². The molecule has 3 nitrogen and oxygen atoms in total. The van der Waals surface area contributed by atoms with Crippen LogP contribution in [0.1, 0.15) is 24.8 Å². The molecule has 3 rings (SSSR count). The van der Waals surface area contributed by atoms with Crippen molar-refractivity contribution in [2.75, 3.05) is 39.3 Å². The van der Waals surface area contributed by atoms with Crippen molar-refractivity contribution in [1.82, 2.24) is 15.1 Å². The third-order valence-electron chi connectivity index (χ3n) is 4.48. The Labute approximate surface area is 120 Å². The van der Waals surface area contributed by atoms with E-state index < -0.39 is 0 Å². The SMILES string of the molecule is CC(C)C(c1cccs1)N1CCN(C2CNC2)CC1. The Bertz CT molecular complexity index is 378. The molecule has 0 amide bonds. The highest BCUT2D eigenvalue weighted by Crippen LogP contribution is 2.32. The van der Waals surface area contributed by atoms with Crippen molar-refractivity contribution in [2.24, 2.45) is 5.92 Å². The molecule has 0 aromatic carbocycles. The summed E-state index contributed by atoms with van der Waals surface area (Å²) in [5.74, 6) is 0.690. The molecule has 2 saturated heterocycles. The van der Waals surface area contributed by atoms with Gasteiger partial charge in [0.15, 0.2) is 0 Å². The lowest BCUT2D eigenvalue weighted by atomic mass is 9.99. The Morgan fingerprint density at radius 2 is 1.95 bits per heavy atom. The molecule has 0 spiro atoms. The van der Waals surface area contributed by atoms with Gasteiger partial charge in [-0.1, -0.05) is 19.9 Å². The van der Waals surface area contributed by atoms with E-state index >= 15 is 0 Å². The summed E-state index contributed by atoms with van der Waals surface area (Å²) in [6.45, 7) is 12.0. The predicted octanol–water partition coefficient (Wildman–Crippen LogP) is 2.03. The van der Waals surface area contributed by atoms with E-state index in [1.165, 1.54) is 44.1 Å². The number of piperazine rings is 1. The van der Waals surface area contributed by atoms with E-state index in [0.29, 0.717) is 12.0 Å². The van der Waals surface area contributed by atoms with E-state index in [0.717, 1.165) is 6.04 Å². The molecule has 2 fully saturated rings. The number of hydrogen-bond acceptors (Lipinski definition) is 4. The molecule has 106 valence electrons. The summed E-state index contributed by atoms with van der Waals surface area (Å²) in [5.41, 5.74) is 0. The van der Waals surface area contributed by atoms with Crippen LogP contribution in [0.25, 0.3) is 0 Å². The summed E-state index contributed by atoms with van der Waals surface area (Å²) >= 11 is 1.91. The Hall–Kier alpha value is -0.420. The lowest BCUT2D eigenvalue weighted by Crippen LogP contribution is -2.61. The molecule has 1 aromatic heterocycles. The quantitative estimate of drug-likeness (QED) is 0.910. The molecule has 1 N–H and O–H groups in total. The lowest BCUT2D eigenvalue weighted by Gasteiger charge is -2.45. The zero-order chi connectivity index (χ0) is 13.2. The van der Waals surface area contributed by atoms with E-state index in [4.69, 9.17) is 0 Å². The third kappa shape index (κ3) is 2.87. The second kappa shape index (κ2) is 5.92. The molecule has 2 aliphatic heterocycles. The maximum atomic E-state index is 3.38. The van der Waals surface area contributed by atoms with Gasteiger partial charge in [0.2, 0.25) is 0 Å². The third-order valence-corrected chi connectivity index (χ3v) is 5.43. The van der Waals surface area contributed by atoms with Gasteiger partial charge in [0.25, 0.3) is 0 Å². The number of nitrogens with zero attached hydrogens (tertiary/aromatic N) is 2. The molecule has 2 aliphatic rings. The van der Waals surface area contributed by atoms with E-state index in [2.05, 4.69) is 46.5 Å². The summed E-state index contributed by atoms with van der Waals surface area (Å²) in [4.78, 5) is 6.89. The van der Waals surface area contributed by atoms with Gasteiger partial charge in [-0.25, -0.2) is 0 Å². The summed E-state index contributed by atoms with van der Waals surface area (Å²) in [5, 5.41) is 5.59. The van der Waals surface area contributed by atoms with Crippen LogP contribution >= 0.6 is 11.3 Å². The Morgan fingerprint density at radius 3 is 2.42 bits per heavy atom. The van der Waals surface area contributed by atoms with Crippen molar-refractivity contribution in [1.29, 1.82) is 0 Å². The fourth-order valence-electron chi connectivity index (χ4n) is 3.30. The Kier molecular flexibility index (Phi) is 4.22. The van der Waals surface area contributed by atoms with Crippen LogP contribution in [0.5, 0.6) is 0 Å². The maximum absolute atomic E-state index is 3.38. The molecule has 1 aromatic rings. The molecule has 1 unspecified atom stereocenters. The summed E-state index contributed by atoms with van der Waals surface area (Å²) in [6.07, 6.45) is 0. The van der Waals surface area contributed by atoms with Gasteiger partial charge in [0.1, 0.15) is 0 Å². The standard InChI is InChI=1S/C15H25N3S/c1-12(2)15(14-4-3-9-19-14)18-7-5-17(6-8-18)13-10-16-11-13/h3-4,9,12-13,15-16H,5-8,10-11H2,1-2H3. The molecule has 19 heavy (non-hydrogen) atoms. The van der Waals surface area contributed by atoms with Gasteiger partial charge in [-0.15, -0.1) is 11.3 Å². The van der Waals surface area contributed by atoms with Crippen molar-refractivity contribution < 1.29 is 0 Å². The maximum Gasteiger partial charge on any atom is 0.0465 e. The zero-order valence-corrected chi connectivity index (χ0v) is 12.8. The van der Waals surface area contributed by atoms with Crippen LogP contribution in [0, 0.1) is 5.92 Å². The van der Waals surface area contributed by atoms with Gasteiger partial charge < -0.3 is 5.32 Å². The predicted molar refractivity (Wildman–Crippen MR) is 81.7 cm³/mol. The van der Waals surface area contributed by atoms with Gasteiger partial charge in [-0.3, -0.25) is 9.80 Å². The summed E-state index contributed by atoms with van der Waals surface area (Å²) < 4.78 is 0. The van der Waals surface area contributed by atoms with Crippen LogP contribution in [0.2, 0.25) is 0 Å². The second-order valence-corrected chi connectivity index (χ2v) is 7.07. The van der Waals surface area contributed by atoms with Crippen LogP contribution in [-0.2, 0) is 0 Å². The minimum Gasteiger partial charge on any atom is -0.314 e. The van der Waals surface area contributed by atoms with E-state index in [9.17, 15) is 0 Å². The van der Waals surface area contributed by atoms with Gasteiger partial charge in [-0.2, -0.15) is 0 Å². The normalized spacial score (nSPS) is 24.6. The van der Waals surface area contributed by atoms with Crippen molar-refractivity contribution >= 4 is 11.3 Å². The molecule has 4 heteroatoms. The zero-order valence-electron chi connectivity index (χ0n) is 12.0. The minimum absolute atomic E-state index is 0.613. The number of rotatable bonds is 4. The minimum atomic E-state index is 0.613. The number of nitrogens with one attached hydrogen (secondary N) is 1. The first kappa shape index (κ1) is 13.6. The van der Waals surface area contributed by atoms with Crippen molar-refractivity contribution in [3.8, 4) is 0 Å². The lowest BCUT2D eigenvalue weighted by molar-refractivity contribution is 0.0404. The molecular formula is C15H25N3S. The topological polar surface area (TPSA) is 18.5 Å². The van der Waals surface area contributed by atoms with Crippen LogP contribution < -0.4 is 5.32 Å². The first-order valence-corrected chi connectivity index (χ1v) is 8.36. The second-order valence-electron chi connectivity index (χ2n) is 6.09. The monoisotopic (exact) mass is 279 g/mol. The summed E-state index contributed by atoms with van der Waals surface area (Å²) in [7, 11) is 0. The van der Waals surface area contributed by atoms with Gasteiger partial charge in [0.05, 0.1) is 0 Å². The number of hydrogen-bond donors (Lipinski definition) is 1. The highest BCUT2D eigenvalue weighted by Gasteiger charge is 2.31. The van der Waals surface area contributed by atoms with Crippen molar-refractivity contribution in [2.45, 2.75) is 25.9 Å². The Balaban J connectivity index is 1.62. The molecular weight excluding hydrogens is 254 g/mol. The fraction of sp³-hybridized carbons (Fsp3) is 0.733. The number of thiophene rings is 1. The van der Waals surface area contributed by atoms with Crippen LogP contribution in [0.3, 0.4) is 0 Å². The molecule has 0 radical (unpaired) electrons. The molecule has 0 bridgehead atoms. The first-order valence-electron chi connectivity index (χ1n) is 7.48. The van der Waals surface area contributed by atoms with Gasteiger partial charge in [-0.05, 0) is 17.4 Å². The Morgan fingerprint density at radius 1 is 1.21 bits per heavy atom. The summed E-state index contributed by atoms with van der Waals surface area (Å²) in [6, 6.07) is 5.91. The highest BCUT2D eigenvalue weighted by atomic mass is 32.1. The molecule has 0 saturated carbocycles. The van der Waals surface area contributed by atoms with Gasteiger partial charge in [0, 0.05) is 56.2 Å². The largest absolute Gasteiger partial charge is 0.314 e. The van der Waals surface area contributed by atoms with Crippen molar-refractivity contribution in [3.63, 3.8) is 0 Å². The van der Waals surface area contributed by atoms with Crippen molar-refractivity contribution in [3.05, 3.63) is 22.4 Å². The first-order chi connectivity index (χ1) is 9.25. The van der Waals surface area contributed by atoms with Crippen LogP contribution in [0.4, 0.5) is 0 Å². The average Bonchev–Trinajstić information content (AvgIpc) is 2.82.